The molecule has 0 saturated heterocycles. The summed E-state index contributed by atoms with van der Waals surface area (Å²) >= 11 is 0. The van der Waals surface area contributed by atoms with E-state index in [9.17, 15) is 5.11 Å². The lowest BCUT2D eigenvalue weighted by Gasteiger charge is -2.02. The van der Waals surface area contributed by atoms with E-state index in [4.69, 9.17) is 0 Å². The molecule has 0 aliphatic carbocycles. The lowest BCUT2D eigenvalue weighted by atomic mass is 10.0. The number of phenolic OH excluding ortho intramolecular Hbond substituents is 1. The third-order valence-corrected chi connectivity index (χ3v) is 4.64. The quantitative estimate of drug-likeness (QED) is 0.259. The topological polar surface area (TPSA) is 20.2 Å². The van der Waals surface area contributed by atoms with Crippen molar-refractivity contribution in [3.8, 4) is 5.75 Å². The monoisotopic (exact) mass is 330 g/mol. The smallest absolute Gasteiger partial charge is 0.115 e. The number of rotatable bonds is 15. The molecule has 1 N–H and O–H groups in total. The zero-order chi connectivity index (χ0) is 17.3. The van der Waals surface area contributed by atoms with E-state index >= 15 is 0 Å². The van der Waals surface area contributed by atoms with Crippen molar-refractivity contribution < 1.29 is 5.11 Å². The third-order valence-electron chi connectivity index (χ3n) is 4.64. The number of hydrogen-bond acceptors (Lipinski definition) is 1. The van der Waals surface area contributed by atoms with Gasteiger partial charge in [0.1, 0.15) is 5.75 Å². The van der Waals surface area contributed by atoms with Gasteiger partial charge < -0.3 is 5.11 Å². The highest BCUT2D eigenvalue weighted by Crippen LogP contribution is 2.14. The Balaban J connectivity index is 1.83. The van der Waals surface area contributed by atoms with E-state index < -0.39 is 0 Å². The van der Waals surface area contributed by atoms with Crippen molar-refractivity contribution >= 4 is 0 Å². The summed E-state index contributed by atoms with van der Waals surface area (Å²) in [6, 6.07) is 7.65. The molecule has 0 atom stereocenters. The Morgan fingerprint density at radius 1 is 0.750 bits per heavy atom. The summed E-state index contributed by atoms with van der Waals surface area (Å²) in [7, 11) is 0. The van der Waals surface area contributed by atoms with Crippen LogP contribution in [0.5, 0.6) is 5.75 Å². The van der Waals surface area contributed by atoms with Crippen LogP contribution < -0.4 is 0 Å². The van der Waals surface area contributed by atoms with Crippen molar-refractivity contribution in [3.63, 3.8) is 0 Å². The highest BCUT2D eigenvalue weighted by molar-refractivity contribution is 5.27. The van der Waals surface area contributed by atoms with Crippen LogP contribution in [0.2, 0.25) is 0 Å². The molecule has 0 amide bonds. The van der Waals surface area contributed by atoms with Crippen LogP contribution in [-0.2, 0) is 6.42 Å². The Hall–Kier alpha value is -1.24. The molecule has 0 heterocycles. The molecule has 1 heteroatoms. The molecule has 1 rings (SSSR count). The highest BCUT2D eigenvalue weighted by atomic mass is 16.3. The van der Waals surface area contributed by atoms with Crippen molar-refractivity contribution in [1.82, 2.24) is 0 Å². The standard InChI is InChI=1S/C23H38O/c1-2-3-4-5-6-7-8-9-10-11-12-13-14-15-16-18-22-19-17-20-23(24)21-22/h10-11,17,19-21,24H,2-9,12-16,18H2,1H3. The van der Waals surface area contributed by atoms with Crippen molar-refractivity contribution in [2.45, 2.75) is 96.8 Å². The van der Waals surface area contributed by atoms with Crippen LogP contribution in [0, 0.1) is 0 Å². The maximum absolute atomic E-state index is 9.43. The van der Waals surface area contributed by atoms with E-state index in [2.05, 4.69) is 25.1 Å². The predicted molar refractivity (Wildman–Crippen MR) is 107 cm³/mol. The number of phenols is 1. The molecule has 0 aliphatic heterocycles. The largest absolute Gasteiger partial charge is 0.508 e. The molecule has 0 aliphatic rings. The molecule has 0 aromatic heterocycles. The number of unbranched alkanes of at least 4 members (excludes halogenated alkanes) is 11. The van der Waals surface area contributed by atoms with Gasteiger partial charge in [-0.05, 0) is 56.2 Å². The minimum atomic E-state index is 0.388. The molecule has 0 spiro atoms. The van der Waals surface area contributed by atoms with Gasteiger partial charge in [-0.1, -0.05) is 82.6 Å². The molecule has 0 saturated carbocycles. The summed E-state index contributed by atoms with van der Waals surface area (Å²) in [5.74, 6) is 0.388. The first-order valence-electron chi connectivity index (χ1n) is 10.3. The predicted octanol–water partition coefficient (Wildman–Crippen LogP) is 7.58. The molecule has 1 aromatic rings. The maximum Gasteiger partial charge on any atom is 0.115 e. The van der Waals surface area contributed by atoms with Crippen molar-refractivity contribution in [2.24, 2.45) is 0 Å². The zero-order valence-electron chi connectivity index (χ0n) is 15.8. The fourth-order valence-electron chi connectivity index (χ4n) is 3.11. The average molecular weight is 331 g/mol. The molecule has 24 heavy (non-hydrogen) atoms. The second-order valence-electron chi connectivity index (χ2n) is 7.00. The van der Waals surface area contributed by atoms with Crippen molar-refractivity contribution in [2.75, 3.05) is 0 Å². The average Bonchev–Trinajstić information content (AvgIpc) is 2.58. The lowest BCUT2D eigenvalue weighted by molar-refractivity contribution is 0.474. The summed E-state index contributed by atoms with van der Waals surface area (Å²) in [5.41, 5.74) is 1.25. The molecule has 136 valence electrons. The Bertz CT molecular complexity index is 422. The Kier molecular flexibility index (Phi) is 13.3. The molecular formula is C23H38O. The van der Waals surface area contributed by atoms with E-state index in [1.165, 1.54) is 89.0 Å². The molecule has 0 fully saturated rings. The minimum absolute atomic E-state index is 0.388. The van der Waals surface area contributed by atoms with Crippen LogP contribution in [0.25, 0.3) is 0 Å². The van der Waals surface area contributed by atoms with Gasteiger partial charge in [-0.15, -0.1) is 0 Å². The minimum Gasteiger partial charge on any atom is -0.508 e. The first-order valence-corrected chi connectivity index (χ1v) is 10.3. The molecule has 1 nitrogen and oxygen atoms in total. The van der Waals surface area contributed by atoms with Crippen LogP contribution >= 0.6 is 0 Å². The van der Waals surface area contributed by atoms with Gasteiger partial charge in [0.2, 0.25) is 0 Å². The summed E-state index contributed by atoms with van der Waals surface area (Å²) in [6.45, 7) is 2.28. The summed E-state index contributed by atoms with van der Waals surface area (Å²) in [4.78, 5) is 0. The summed E-state index contributed by atoms with van der Waals surface area (Å²) in [6.07, 6.45) is 23.3. The second kappa shape index (κ2) is 15.3. The maximum atomic E-state index is 9.43. The van der Waals surface area contributed by atoms with Gasteiger partial charge in [-0.25, -0.2) is 0 Å². The zero-order valence-corrected chi connectivity index (χ0v) is 15.8. The summed E-state index contributed by atoms with van der Waals surface area (Å²) in [5, 5.41) is 9.43. The molecular weight excluding hydrogens is 292 g/mol. The first-order chi connectivity index (χ1) is 11.8. The van der Waals surface area contributed by atoms with Gasteiger partial charge in [0.05, 0.1) is 0 Å². The van der Waals surface area contributed by atoms with Crippen LogP contribution in [-0.4, -0.2) is 5.11 Å². The molecule has 1 aromatic carbocycles. The van der Waals surface area contributed by atoms with E-state index in [1.54, 1.807) is 6.07 Å². The van der Waals surface area contributed by atoms with Crippen molar-refractivity contribution in [1.29, 1.82) is 0 Å². The van der Waals surface area contributed by atoms with E-state index in [0.717, 1.165) is 6.42 Å². The number of aryl methyl sites for hydroxylation is 1. The van der Waals surface area contributed by atoms with Gasteiger partial charge in [0.25, 0.3) is 0 Å². The molecule has 0 bridgehead atoms. The number of hydrogen-bond donors (Lipinski definition) is 1. The number of aromatic hydroxyl groups is 1. The Morgan fingerprint density at radius 3 is 1.96 bits per heavy atom. The lowest BCUT2D eigenvalue weighted by Crippen LogP contribution is -1.85. The van der Waals surface area contributed by atoms with E-state index in [0.29, 0.717) is 5.75 Å². The highest BCUT2D eigenvalue weighted by Gasteiger charge is 1.95. The van der Waals surface area contributed by atoms with Gasteiger partial charge in [0, 0.05) is 0 Å². The van der Waals surface area contributed by atoms with E-state index in [-0.39, 0.29) is 0 Å². The van der Waals surface area contributed by atoms with Crippen LogP contribution in [0.1, 0.15) is 96.0 Å². The van der Waals surface area contributed by atoms with Crippen molar-refractivity contribution in [3.05, 3.63) is 42.0 Å². The van der Waals surface area contributed by atoms with E-state index in [1.807, 2.05) is 12.1 Å². The third kappa shape index (κ3) is 12.2. The van der Waals surface area contributed by atoms with Gasteiger partial charge in [0.15, 0.2) is 0 Å². The number of benzene rings is 1. The van der Waals surface area contributed by atoms with Gasteiger partial charge in [-0.2, -0.15) is 0 Å². The fraction of sp³-hybridized carbons (Fsp3) is 0.652. The molecule has 0 unspecified atom stereocenters. The normalized spacial score (nSPS) is 11.4. The van der Waals surface area contributed by atoms with Crippen LogP contribution in [0.15, 0.2) is 36.4 Å². The second-order valence-corrected chi connectivity index (χ2v) is 7.00. The van der Waals surface area contributed by atoms with Gasteiger partial charge >= 0.3 is 0 Å². The van der Waals surface area contributed by atoms with Gasteiger partial charge in [-0.3, -0.25) is 0 Å². The molecule has 0 radical (unpaired) electrons. The van der Waals surface area contributed by atoms with Crippen LogP contribution in [0.3, 0.4) is 0 Å². The fourth-order valence-corrected chi connectivity index (χ4v) is 3.11. The Morgan fingerprint density at radius 2 is 1.33 bits per heavy atom. The summed E-state index contributed by atoms with van der Waals surface area (Å²) < 4.78 is 0. The first kappa shape index (κ1) is 20.8. The Labute approximate surface area is 150 Å². The SMILES string of the molecule is CCCCCCCCCC=CCCCCCCc1cccc(O)c1. The number of allylic oxidation sites excluding steroid dienone is 2. The van der Waals surface area contributed by atoms with Crippen LogP contribution in [0.4, 0.5) is 0 Å².